The fourth-order valence-electron chi connectivity index (χ4n) is 1.84. The van der Waals surface area contributed by atoms with Crippen molar-refractivity contribution < 1.29 is 23.0 Å². The molecule has 106 valence electrons. The molecule has 0 atom stereocenters. The van der Waals surface area contributed by atoms with Crippen LogP contribution < -0.4 is 4.74 Å². The van der Waals surface area contributed by atoms with E-state index in [0.717, 1.165) is 12.1 Å². The molecule has 6 heteroatoms. The summed E-state index contributed by atoms with van der Waals surface area (Å²) in [6, 6.07) is 7.21. The summed E-state index contributed by atoms with van der Waals surface area (Å²) in [5.74, 6) is 0.131. The van der Waals surface area contributed by atoms with E-state index in [9.17, 15) is 18.3 Å². The number of phenolic OH excluding ortho intramolecular Hbond substituents is 1. The van der Waals surface area contributed by atoms with E-state index in [0.29, 0.717) is 5.56 Å². The Labute approximate surface area is 118 Å². The van der Waals surface area contributed by atoms with Gasteiger partial charge in [-0.2, -0.15) is 13.2 Å². The molecule has 0 fully saturated rings. The fourth-order valence-corrected chi connectivity index (χ4v) is 2.07. The van der Waals surface area contributed by atoms with E-state index >= 15 is 0 Å². The average Bonchev–Trinajstić information content (AvgIpc) is 2.35. The van der Waals surface area contributed by atoms with Crippen LogP contribution in [0.5, 0.6) is 11.5 Å². The number of benzene rings is 2. The minimum absolute atomic E-state index is 0.132. The van der Waals surface area contributed by atoms with Crippen molar-refractivity contribution in [3.8, 4) is 22.6 Å². The minimum Gasteiger partial charge on any atom is -0.508 e. The van der Waals surface area contributed by atoms with E-state index in [2.05, 4.69) is 0 Å². The van der Waals surface area contributed by atoms with Gasteiger partial charge >= 0.3 is 6.18 Å². The van der Waals surface area contributed by atoms with Gasteiger partial charge in [0.1, 0.15) is 11.5 Å². The summed E-state index contributed by atoms with van der Waals surface area (Å²) in [5, 5.41) is 9.72. The van der Waals surface area contributed by atoms with Crippen molar-refractivity contribution in [1.29, 1.82) is 0 Å². The highest BCUT2D eigenvalue weighted by atomic mass is 35.5. The lowest BCUT2D eigenvalue weighted by atomic mass is 10.0. The number of aromatic hydroxyl groups is 1. The highest BCUT2D eigenvalue weighted by Gasteiger charge is 2.31. The Hall–Kier alpha value is -1.88. The number of rotatable bonds is 2. The van der Waals surface area contributed by atoms with Gasteiger partial charge in [0.2, 0.25) is 0 Å². The third-order valence-corrected chi connectivity index (χ3v) is 2.94. The summed E-state index contributed by atoms with van der Waals surface area (Å²) >= 11 is 5.80. The first-order chi connectivity index (χ1) is 9.31. The number of phenols is 1. The van der Waals surface area contributed by atoms with Crippen LogP contribution in [0.2, 0.25) is 5.02 Å². The van der Waals surface area contributed by atoms with Crippen LogP contribution in [0.4, 0.5) is 13.2 Å². The molecule has 0 heterocycles. The molecule has 2 rings (SSSR count). The van der Waals surface area contributed by atoms with Gasteiger partial charge in [0, 0.05) is 10.6 Å². The number of halogens is 4. The predicted molar refractivity (Wildman–Crippen MR) is 70.1 cm³/mol. The number of ether oxygens (including phenoxy) is 1. The van der Waals surface area contributed by atoms with Crippen LogP contribution in [0, 0.1) is 0 Å². The van der Waals surface area contributed by atoms with Gasteiger partial charge in [0.15, 0.2) is 0 Å². The minimum atomic E-state index is -4.46. The molecule has 0 aliphatic heterocycles. The van der Waals surface area contributed by atoms with Crippen molar-refractivity contribution in [3.05, 3.63) is 47.0 Å². The molecular weight excluding hydrogens is 293 g/mol. The lowest BCUT2D eigenvalue weighted by Crippen LogP contribution is -2.05. The maximum Gasteiger partial charge on any atom is 0.416 e. The Kier molecular flexibility index (Phi) is 3.81. The summed E-state index contributed by atoms with van der Waals surface area (Å²) in [6.07, 6.45) is -4.46. The maximum absolute atomic E-state index is 12.8. The first kappa shape index (κ1) is 14.5. The molecule has 0 radical (unpaired) electrons. The molecule has 2 nitrogen and oxygen atoms in total. The van der Waals surface area contributed by atoms with Gasteiger partial charge in [-0.15, -0.1) is 0 Å². The number of methoxy groups -OCH3 is 1. The summed E-state index contributed by atoms with van der Waals surface area (Å²) in [7, 11) is 1.36. The molecular formula is C14H10ClF3O2. The number of alkyl halides is 3. The van der Waals surface area contributed by atoms with Gasteiger partial charge in [0.25, 0.3) is 0 Å². The van der Waals surface area contributed by atoms with Gasteiger partial charge in [-0.25, -0.2) is 0 Å². The van der Waals surface area contributed by atoms with Crippen LogP contribution in [-0.4, -0.2) is 12.2 Å². The monoisotopic (exact) mass is 302 g/mol. The Bertz CT molecular complexity index is 619. The lowest BCUT2D eigenvalue weighted by molar-refractivity contribution is -0.137. The molecule has 2 aromatic carbocycles. The molecule has 0 aromatic heterocycles. The zero-order valence-electron chi connectivity index (χ0n) is 10.3. The topological polar surface area (TPSA) is 29.5 Å². The molecule has 0 saturated heterocycles. The Morgan fingerprint density at radius 3 is 2.35 bits per heavy atom. The van der Waals surface area contributed by atoms with E-state index in [-0.39, 0.29) is 22.1 Å². The molecule has 0 saturated carbocycles. The SMILES string of the molecule is COc1ccc(C(F)(F)F)cc1-c1cc(O)cc(Cl)c1. The molecule has 0 amide bonds. The summed E-state index contributed by atoms with van der Waals surface area (Å²) in [5.41, 5.74) is -0.245. The van der Waals surface area contributed by atoms with Gasteiger partial charge in [-0.05, 0) is 42.0 Å². The average molecular weight is 303 g/mol. The van der Waals surface area contributed by atoms with Crippen LogP contribution in [0.1, 0.15) is 5.56 Å². The van der Waals surface area contributed by atoms with Gasteiger partial charge in [-0.3, -0.25) is 0 Å². The van der Waals surface area contributed by atoms with Crippen LogP contribution in [-0.2, 0) is 6.18 Å². The van der Waals surface area contributed by atoms with Crippen molar-refractivity contribution in [3.63, 3.8) is 0 Å². The normalized spacial score (nSPS) is 11.4. The maximum atomic E-state index is 12.8. The molecule has 20 heavy (non-hydrogen) atoms. The Morgan fingerprint density at radius 1 is 1.10 bits per heavy atom. The van der Waals surface area contributed by atoms with Gasteiger partial charge in [0.05, 0.1) is 12.7 Å². The van der Waals surface area contributed by atoms with E-state index in [4.69, 9.17) is 16.3 Å². The van der Waals surface area contributed by atoms with Crippen LogP contribution in [0.25, 0.3) is 11.1 Å². The summed E-state index contributed by atoms with van der Waals surface area (Å²) < 4.78 is 43.3. The number of hydrogen-bond donors (Lipinski definition) is 1. The van der Waals surface area contributed by atoms with Crippen molar-refractivity contribution in [2.75, 3.05) is 7.11 Å². The molecule has 2 aromatic rings. The van der Waals surface area contributed by atoms with Crippen LogP contribution >= 0.6 is 11.6 Å². The Balaban J connectivity index is 2.64. The van der Waals surface area contributed by atoms with Crippen molar-refractivity contribution in [1.82, 2.24) is 0 Å². The van der Waals surface area contributed by atoms with E-state index in [1.54, 1.807) is 0 Å². The predicted octanol–water partition coefficient (Wildman–Crippen LogP) is 4.74. The van der Waals surface area contributed by atoms with E-state index < -0.39 is 11.7 Å². The number of hydrogen-bond acceptors (Lipinski definition) is 2. The molecule has 0 aliphatic rings. The summed E-state index contributed by atoms with van der Waals surface area (Å²) in [4.78, 5) is 0. The zero-order valence-corrected chi connectivity index (χ0v) is 11.1. The third-order valence-electron chi connectivity index (χ3n) is 2.72. The van der Waals surface area contributed by atoms with Crippen molar-refractivity contribution >= 4 is 11.6 Å². The van der Waals surface area contributed by atoms with Gasteiger partial charge in [-0.1, -0.05) is 11.6 Å². The molecule has 0 spiro atoms. The Morgan fingerprint density at radius 2 is 1.80 bits per heavy atom. The molecule has 0 unspecified atom stereocenters. The molecule has 0 bridgehead atoms. The van der Waals surface area contributed by atoms with Crippen LogP contribution in [0.3, 0.4) is 0 Å². The second kappa shape index (κ2) is 5.25. The zero-order chi connectivity index (χ0) is 14.9. The fraction of sp³-hybridized carbons (Fsp3) is 0.143. The second-order valence-electron chi connectivity index (χ2n) is 4.11. The van der Waals surface area contributed by atoms with Crippen molar-refractivity contribution in [2.45, 2.75) is 6.18 Å². The lowest BCUT2D eigenvalue weighted by Gasteiger charge is -2.13. The smallest absolute Gasteiger partial charge is 0.416 e. The summed E-state index contributed by atoms with van der Waals surface area (Å²) in [6.45, 7) is 0. The molecule has 0 aliphatic carbocycles. The molecule has 1 N–H and O–H groups in total. The van der Waals surface area contributed by atoms with Gasteiger partial charge < -0.3 is 9.84 Å². The van der Waals surface area contributed by atoms with Crippen molar-refractivity contribution in [2.24, 2.45) is 0 Å². The second-order valence-corrected chi connectivity index (χ2v) is 4.55. The van der Waals surface area contributed by atoms with E-state index in [1.807, 2.05) is 0 Å². The first-order valence-electron chi connectivity index (χ1n) is 5.56. The highest BCUT2D eigenvalue weighted by Crippen LogP contribution is 2.38. The quantitative estimate of drug-likeness (QED) is 0.868. The third kappa shape index (κ3) is 2.99. The largest absolute Gasteiger partial charge is 0.508 e. The van der Waals surface area contributed by atoms with E-state index in [1.165, 1.54) is 31.4 Å². The first-order valence-corrected chi connectivity index (χ1v) is 5.94. The van der Waals surface area contributed by atoms with Crippen LogP contribution in [0.15, 0.2) is 36.4 Å². The highest BCUT2D eigenvalue weighted by molar-refractivity contribution is 6.31. The standard InChI is InChI=1S/C14H10ClF3O2/c1-20-13-3-2-9(14(16,17)18)6-12(13)8-4-10(15)7-11(19)5-8/h2-7,19H,1H3.